The van der Waals surface area contributed by atoms with E-state index in [9.17, 15) is 4.79 Å². The molecule has 5 nitrogen and oxygen atoms in total. The maximum Gasteiger partial charge on any atom is 0.349 e. The van der Waals surface area contributed by atoms with Crippen molar-refractivity contribution < 1.29 is 0 Å². The van der Waals surface area contributed by atoms with Gasteiger partial charge >= 0.3 is 5.69 Å². The van der Waals surface area contributed by atoms with Gasteiger partial charge in [-0.3, -0.25) is 4.98 Å². The number of nitrogens with one attached hydrogen (secondary N) is 1. The molecular formula is C18H14N4OS. The highest BCUT2D eigenvalue weighted by atomic mass is 32.2. The summed E-state index contributed by atoms with van der Waals surface area (Å²) in [7, 11) is 0. The number of rotatable bonds is 4. The largest absolute Gasteiger partial charge is 0.349 e. The van der Waals surface area contributed by atoms with Gasteiger partial charge in [0.2, 0.25) is 0 Å². The Morgan fingerprint density at radius 1 is 1.04 bits per heavy atom. The van der Waals surface area contributed by atoms with Crippen LogP contribution in [0.5, 0.6) is 0 Å². The molecule has 0 aliphatic carbocycles. The first kappa shape index (κ1) is 14.7. The third-order valence-corrected chi connectivity index (χ3v) is 4.81. The lowest BCUT2D eigenvalue weighted by molar-refractivity contribution is 0.840. The van der Waals surface area contributed by atoms with E-state index in [1.807, 2.05) is 42.1 Å². The number of H-pyrrole nitrogens is 1. The Kier molecular flexibility index (Phi) is 3.88. The van der Waals surface area contributed by atoms with E-state index in [1.54, 1.807) is 6.20 Å². The normalized spacial score (nSPS) is 11.0. The summed E-state index contributed by atoms with van der Waals surface area (Å²) in [6.45, 7) is 0. The van der Waals surface area contributed by atoms with Crippen molar-refractivity contribution in [3.63, 3.8) is 0 Å². The van der Waals surface area contributed by atoms with Crippen LogP contribution in [0.2, 0.25) is 0 Å². The minimum Gasteiger partial charge on any atom is -0.296 e. The average Bonchev–Trinajstić information content (AvgIpc) is 3.07. The van der Waals surface area contributed by atoms with Gasteiger partial charge in [0, 0.05) is 16.2 Å². The van der Waals surface area contributed by atoms with Crippen molar-refractivity contribution in [2.24, 2.45) is 0 Å². The van der Waals surface area contributed by atoms with Crippen molar-refractivity contribution in [1.82, 2.24) is 19.6 Å². The van der Waals surface area contributed by atoms with Crippen molar-refractivity contribution in [2.45, 2.75) is 10.6 Å². The summed E-state index contributed by atoms with van der Waals surface area (Å²) < 4.78 is 1.27. The number of aromatic nitrogens is 4. The summed E-state index contributed by atoms with van der Waals surface area (Å²) in [6.07, 6.45) is 3.07. The zero-order valence-corrected chi connectivity index (χ0v) is 13.5. The van der Waals surface area contributed by atoms with Crippen molar-refractivity contribution >= 4 is 17.4 Å². The number of fused-ring (bicyclic) bond motifs is 1. The number of hydrogen-bond acceptors (Lipinski definition) is 4. The fourth-order valence-corrected chi connectivity index (χ4v) is 3.37. The van der Waals surface area contributed by atoms with Gasteiger partial charge in [-0.2, -0.15) is 9.61 Å². The van der Waals surface area contributed by atoms with Crippen LogP contribution in [0.4, 0.5) is 0 Å². The van der Waals surface area contributed by atoms with Crippen molar-refractivity contribution in [2.75, 3.05) is 0 Å². The zero-order chi connectivity index (χ0) is 16.4. The van der Waals surface area contributed by atoms with Crippen molar-refractivity contribution in [3.05, 3.63) is 83.2 Å². The standard InChI is InChI=1S/C18H14N4OS/c23-18-20-12-19-17-16(10-21-22(17)18)14-8-6-13(7-9-14)11-24-15-4-2-1-3-5-15/h1-10,12H,11H2,(H,19,20,23). The lowest BCUT2D eigenvalue weighted by atomic mass is 10.1. The number of aromatic amines is 1. The summed E-state index contributed by atoms with van der Waals surface area (Å²) >= 11 is 1.81. The van der Waals surface area contributed by atoms with E-state index in [4.69, 9.17) is 0 Å². The van der Waals surface area contributed by atoms with E-state index in [2.05, 4.69) is 39.3 Å². The maximum atomic E-state index is 11.7. The molecule has 4 rings (SSSR count). The van der Waals surface area contributed by atoms with Gasteiger partial charge in [-0.05, 0) is 23.3 Å². The third-order valence-electron chi connectivity index (χ3n) is 3.72. The van der Waals surface area contributed by atoms with Gasteiger partial charge in [-0.1, -0.05) is 42.5 Å². The molecule has 0 fully saturated rings. The minimum atomic E-state index is -0.290. The first-order chi connectivity index (χ1) is 11.8. The van der Waals surface area contributed by atoms with Crippen LogP contribution in [0.1, 0.15) is 5.56 Å². The molecule has 1 N–H and O–H groups in total. The monoisotopic (exact) mass is 334 g/mol. The van der Waals surface area contributed by atoms with Gasteiger partial charge in [0.05, 0.1) is 12.5 Å². The maximum absolute atomic E-state index is 11.7. The molecule has 6 heteroatoms. The molecule has 0 unspecified atom stereocenters. The molecular weight excluding hydrogens is 320 g/mol. The van der Waals surface area contributed by atoms with Gasteiger partial charge in [0.15, 0.2) is 5.65 Å². The van der Waals surface area contributed by atoms with Crippen molar-refractivity contribution in [1.29, 1.82) is 0 Å². The second-order valence-corrected chi connectivity index (χ2v) is 6.35. The zero-order valence-electron chi connectivity index (χ0n) is 12.7. The van der Waals surface area contributed by atoms with Crippen LogP contribution < -0.4 is 5.69 Å². The average molecular weight is 334 g/mol. The topological polar surface area (TPSA) is 63.0 Å². The molecule has 4 aromatic rings. The summed E-state index contributed by atoms with van der Waals surface area (Å²) in [6, 6.07) is 18.6. The second-order valence-electron chi connectivity index (χ2n) is 5.30. The summed E-state index contributed by atoms with van der Waals surface area (Å²) in [5.74, 6) is 0.914. The van der Waals surface area contributed by atoms with E-state index in [-0.39, 0.29) is 5.69 Å². The molecule has 2 aromatic carbocycles. The molecule has 2 heterocycles. The predicted octanol–water partition coefficient (Wildman–Crippen LogP) is 3.38. The molecule has 0 saturated heterocycles. The molecule has 0 spiro atoms. The SMILES string of the molecule is O=c1[nH]cnc2c(-c3ccc(CSc4ccccc4)cc3)cnn12. The smallest absolute Gasteiger partial charge is 0.296 e. The fourth-order valence-electron chi connectivity index (χ4n) is 2.49. The quantitative estimate of drug-likeness (QED) is 0.581. The fraction of sp³-hybridized carbons (Fsp3) is 0.0556. The summed E-state index contributed by atoms with van der Waals surface area (Å²) in [5, 5.41) is 4.10. The van der Waals surface area contributed by atoms with Gasteiger partial charge in [-0.25, -0.2) is 9.78 Å². The Labute approximate surface area is 142 Å². The van der Waals surface area contributed by atoms with Gasteiger partial charge in [0.25, 0.3) is 0 Å². The number of nitrogens with zero attached hydrogens (tertiary/aromatic N) is 3. The highest BCUT2D eigenvalue weighted by Gasteiger charge is 2.09. The van der Waals surface area contributed by atoms with Crippen LogP contribution in [0, 0.1) is 0 Å². The Morgan fingerprint density at radius 2 is 1.83 bits per heavy atom. The van der Waals surface area contributed by atoms with Crippen LogP contribution in [0.15, 0.2) is 76.8 Å². The van der Waals surface area contributed by atoms with E-state index in [1.165, 1.54) is 21.3 Å². The van der Waals surface area contributed by atoms with Crippen LogP contribution in [0.25, 0.3) is 16.8 Å². The van der Waals surface area contributed by atoms with Crippen LogP contribution >= 0.6 is 11.8 Å². The van der Waals surface area contributed by atoms with Crippen LogP contribution in [-0.2, 0) is 5.75 Å². The van der Waals surface area contributed by atoms with Gasteiger partial charge < -0.3 is 0 Å². The molecule has 0 atom stereocenters. The molecule has 0 bridgehead atoms. The van der Waals surface area contributed by atoms with E-state index >= 15 is 0 Å². The Hall–Kier alpha value is -2.86. The lowest BCUT2D eigenvalue weighted by Crippen LogP contribution is -2.17. The molecule has 0 aliphatic rings. The number of benzene rings is 2. The minimum absolute atomic E-state index is 0.290. The van der Waals surface area contributed by atoms with Crippen LogP contribution in [0.3, 0.4) is 0 Å². The molecule has 0 radical (unpaired) electrons. The Morgan fingerprint density at radius 3 is 2.62 bits per heavy atom. The third kappa shape index (κ3) is 2.83. The molecule has 2 aromatic heterocycles. The van der Waals surface area contributed by atoms with Crippen LogP contribution in [-0.4, -0.2) is 19.6 Å². The van der Waals surface area contributed by atoms with E-state index in [0.717, 1.165) is 16.9 Å². The number of thioether (sulfide) groups is 1. The Bertz CT molecular complexity index is 1020. The van der Waals surface area contributed by atoms with Crippen molar-refractivity contribution in [3.8, 4) is 11.1 Å². The van der Waals surface area contributed by atoms with Gasteiger partial charge in [0.1, 0.15) is 0 Å². The summed E-state index contributed by atoms with van der Waals surface area (Å²) in [4.78, 5) is 19.7. The van der Waals surface area contributed by atoms with E-state index in [0.29, 0.717) is 5.65 Å². The number of hydrogen-bond donors (Lipinski definition) is 1. The second kappa shape index (κ2) is 6.33. The molecule has 118 valence electrons. The van der Waals surface area contributed by atoms with E-state index < -0.39 is 0 Å². The van der Waals surface area contributed by atoms with Gasteiger partial charge in [-0.15, -0.1) is 11.8 Å². The predicted molar refractivity (Wildman–Crippen MR) is 95.0 cm³/mol. The highest BCUT2D eigenvalue weighted by Crippen LogP contribution is 2.26. The first-order valence-corrected chi connectivity index (χ1v) is 8.48. The Balaban J connectivity index is 1.57. The first-order valence-electron chi connectivity index (χ1n) is 7.50. The summed E-state index contributed by atoms with van der Waals surface area (Å²) in [5.41, 5.74) is 3.36. The molecule has 0 aliphatic heterocycles. The molecule has 24 heavy (non-hydrogen) atoms. The molecule has 0 amide bonds. The lowest BCUT2D eigenvalue weighted by Gasteiger charge is -2.04. The molecule has 0 saturated carbocycles. The highest BCUT2D eigenvalue weighted by molar-refractivity contribution is 7.98.